The van der Waals surface area contributed by atoms with E-state index < -0.39 is 84.9 Å². The highest BCUT2D eigenvalue weighted by molar-refractivity contribution is 5.89. The summed E-state index contributed by atoms with van der Waals surface area (Å²) >= 11 is 0. The number of methoxy groups -OCH3 is 1. The zero-order valence-electron chi connectivity index (χ0n) is 26.6. The number of piperidine rings is 1. The first-order valence-corrected chi connectivity index (χ1v) is 15.2. The van der Waals surface area contributed by atoms with Crippen LogP contribution in [-0.2, 0) is 33.3 Å². The lowest BCUT2D eigenvalue weighted by Crippen LogP contribution is -3.16. The Hall–Kier alpha value is -3.17. The molecule has 18 heteroatoms. The Balaban J connectivity index is 2.00. The minimum absolute atomic E-state index is 0.0176. The number of aliphatic imine (C=N–C) groups is 1. The van der Waals surface area contributed by atoms with Crippen LogP contribution >= 0.6 is 0 Å². The minimum Gasteiger partial charge on any atom is -0.550 e. The average Bonchev–Trinajstić information content (AvgIpc) is 3.05. The van der Waals surface area contributed by atoms with Gasteiger partial charge in [0.05, 0.1) is 76.1 Å². The molecule has 3 rings (SSSR count). The van der Waals surface area contributed by atoms with Gasteiger partial charge in [-0.25, -0.2) is 4.79 Å². The second-order valence-electron chi connectivity index (χ2n) is 11.5. The number of ether oxygens (including phenoxy) is 5. The number of hydrogen-bond donors (Lipinski definition) is 9. The molecule has 0 saturated carbocycles. The lowest BCUT2D eigenvalue weighted by molar-refractivity contribution is -0.911. The second-order valence-corrected chi connectivity index (χ2v) is 11.5. The molecule has 0 aliphatic carbocycles. The molecule has 0 spiro atoms. The van der Waals surface area contributed by atoms with Gasteiger partial charge in [-0.3, -0.25) is 4.99 Å². The maximum atomic E-state index is 12.9. The molecular formula is C29H48N5O13+. The van der Waals surface area contributed by atoms with Crippen molar-refractivity contribution in [2.24, 2.45) is 34.4 Å². The van der Waals surface area contributed by atoms with Gasteiger partial charge >= 0.3 is 5.97 Å². The molecule has 2 saturated heterocycles. The van der Waals surface area contributed by atoms with Gasteiger partial charge in [-0.1, -0.05) is 18.2 Å². The molecular weight excluding hydrogens is 626 g/mol. The Labute approximate surface area is 272 Å². The molecule has 2 fully saturated rings. The highest BCUT2D eigenvalue weighted by Crippen LogP contribution is 2.38. The molecule has 0 aromatic carbocycles. The normalized spacial score (nSPS) is 35.9. The topological polar surface area (TPSA) is 276 Å². The number of quaternary nitrogens is 2. The van der Waals surface area contributed by atoms with Gasteiger partial charge in [0.25, 0.3) is 0 Å². The Kier molecular flexibility index (Phi) is 14.1. The molecule has 11 N–H and O–H groups in total. The number of carbonyl (C=O) groups excluding carboxylic acids is 2. The van der Waals surface area contributed by atoms with E-state index in [0.717, 1.165) is 11.2 Å². The van der Waals surface area contributed by atoms with Crippen molar-refractivity contribution in [2.45, 2.75) is 42.7 Å². The zero-order valence-corrected chi connectivity index (χ0v) is 26.6. The quantitative estimate of drug-likeness (QED) is 0.0272. The first-order chi connectivity index (χ1) is 22.4. The molecule has 3 heterocycles. The number of carbonyl (C=O) groups is 2. The van der Waals surface area contributed by atoms with E-state index in [9.17, 15) is 40.2 Å². The molecule has 11 unspecified atom stereocenters. The summed E-state index contributed by atoms with van der Waals surface area (Å²) in [4.78, 5) is 29.8. The Bertz CT molecular complexity index is 1170. The van der Waals surface area contributed by atoms with Crippen LogP contribution in [0.5, 0.6) is 0 Å². The van der Waals surface area contributed by atoms with Crippen LogP contribution in [0.3, 0.4) is 0 Å². The van der Waals surface area contributed by atoms with Gasteiger partial charge in [-0.15, -0.1) is 6.58 Å². The third-order valence-corrected chi connectivity index (χ3v) is 8.58. The van der Waals surface area contributed by atoms with E-state index in [2.05, 4.69) is 16.9 Å². The number of allylic oxidation sites excluding steroid dienone is 1. The maximum Gasteiger partial charge on any atom is 0.337 e. The third kappa shape index (κ3) is 8.85. The fourth-order valence-electron chi connectivity index (χ4n) is 6.11. The molecule has 266 valence electrons. The fourth-order valence-corrected chi connectivity index (χ4v) is 6.11. The summed E-state index contributed by atoms with van der Waals surface area (Å²) in [5, 5.41) is 68.0. The molecule has 0 radical (unpaired) electrons. The summed E-state index contributed by atoms with van der Waals surface area (Å²) < 4.78 is 28.0. The van der Waals surface area contributed by atoms with Crippen LogP contribution in [0.15, 0.2) is 41.6 Å². The van der Waals surface area contributed by atoms with Crippen molar-refractivity contribution in [2.75, 3.05) is 60.8 Å². The monoisotopic (exact) mass is 674 g/mol. The van der Waals surface area contributed by atoms with Crippen LogP contribution in [-0.4, -0.2) is 147 Å². The number of likely N-dealkylation sites (tertiary alicyclic amines) is 1. The number of carboxylic acid groups (broad SMARTS) is 1. The molecule has 0 aromatic heterocycles. The van der Waals surface area contributed by atoms with E-state index in [1.54, 1.807) is 24.5 Å². The van der Waals surface area contributed by atoms with Gasteiger partial charge in [0.1, 0.15) is 18.8 Å². The minimum atomic E-state index is -2.89. The highest BCUT2D eigenvalue weighted by atomic mass is 16.8. The number of rotatable bonds is 14. The van der Waals surface area contributed by atoms with Crippen LogP contribution in [0.25, 0.3) is 0 Å². The molecule has 0 aromatic rings. The number of aliphatic hydroxyl groups excluding tert-OH is 3. The van der Waals surface area contributed by atoms with Crippen molar-refractivity contribution in [3.63, 3.8) is 0 Å². The van der Waals surface area contributed by atoms with Gasteiger partial charge in [0.15, 0.2) is 25.1 Å². The molecule has 3 aliphatic rings. The van der Waals surface area contributed by atoms with Gasteiger partial charge in [-0.05, 0) is 0 Å². The van der Waals surface area contributed by atoms with Crippen molar-refractivity contribution in [1.29, 1.82) is 0 Å². The van der Waals surface area contributed by atoms with Crippen LogP contribution < -0.4 is 26.4 Å². The summed E-state index contributed by atoms with van der Waals surface area (Å²) in [7, 11) is 4.30. The first-order valence-electron chi connectivity index (χ1n) is 15.2. The van der Waals surface area contributed by atoms with E-state index in [1.807, 2.05) is 0 Å². The van der Waals surface area contributed by atoms with Crippen molar-refractivity contribution < 1.29 is 74.1 Å². The number of nitrogens with two attached hydrogens (primary N) is 2. The van der Waals surface area contributed by atoms with Crippen molar-refractivity contribution in [1.82, 2.24) is 5.32 Å². The molecule has 0 bridgehead atoms. The van der Waals surface area contributed by atoms with Gasteiger partial charge in [0, 0.05) is 18.9 Å². The summed E-state index contributed by atoms with van der Waals surface area (Å²) in [6.07, 6.45) is -1.98. The van der Waals surface area contributed by atoms with Crippen LogP contribution in [0.4, 0.5) is 0 Å². The summed E-state index contributed by atoms with van der Waals surface area (Å²) in [5.41, 5.74) is 6.00. The summed E-state index contributed by atoms with van der Waals surface area (Å²) in [6.45, 7) is 3.69. The smallest absolute Gasteiger partial charge is 0.337 e. The number of aliphatic hydroxyl groups is 5. The predicted octanol–water partition coefficient (Wildman–Crippen LogP) is -7.54. The molecule has 18 nitrogen and oxygen atoms in total. The second kappa shape index (κ2) is 17.3. The van der Waals surface area contributed by atoms with Crippen molar-refractivity contribution in [3.05, 3.63) is 36.6 Å². The maximum absolute atomic E-state index is 12.9. The SMILES string of the molecule is C=CC1C(OC2OC(CO)C(O)C(O)(O)C2OC[NH2+]C)OC=C(C(=O)OC)C1C=CC1C[NH+](CCO)CC(C(=O)[O-])C1NC(N)=NC. The van der Waals surface area contributed by atoms with E-state index in [0.29, 0.717) is 6.54 Å². The zero-order chi connectivity index (χ0) is 34.9. The summed E-state index contributed by atoms with van der Waals surface area (Å²) in [6, 6.07) is -0.755. The predicted molar refractivity (Wildman–Crippen MR) is 158 cm³/mol. The molecule has 0 amide bonds. The first kappa shape index (κ1) is 38.3. The standard InChI is InChI=1S/C29H47N5O13/c1-5-16-17(7-6-15-10-34(8-9-35)11-18(24(38)39)21(15)33-28(30)32-3)19(25(40)43-4)13-44-26(16)47-27-23(45-14-31-2)29(41,42)22(37)20(12-36)46-27/h5-7,13,15-18,20-23,26-27,31,35-37,41-42H,1,8-12,14H2,2-4H3,(H,38,39)(H3,30,32,33)/p+1. The van der Waals surface area contributed by atoms with Crippen LogP contribution in [0, 0.1) is 23.7 Å². The van der Waals surface area contributed by atoms with E-state index >= 15 is 0 Å². The lowest BCUT2D eigenvalue weighted by Gasteiger charge is -2.47. The molecule has 3 aliphatic heterocycles. The lowest BCUT2D eigenvalue weighted by atomic mass is 9.79. The Morgan fingerprint density at radius 2 is 2.02 bits per heavy atom. The fraction of sp³-hybridized carbons (Fsp3) is 0.690. The van der Waals surface area contributed by atoms with E-state index in [1.165, 1.54) is 20.2 Å². The largest absolute Gasteiger partial charge is 0.550 e. The number of hydrogen-bond acceptors (Lipinski definition) is 14. The number of esters is 1. The van der Waals surface area contributed by atoms with E-state index in [-0.39, 0.29) is 38.0 Å². The number of carboxylic acids is 1. The third-order valence-electron chi connectivity index (χ3n) is 8.58. The van der Waals surface area contributed by atoms with Crippen LogP contribution in [0.2, 0.25) is 0 Å². The highest BCUT2D eigenvalue weighted by Gasteiger charge is 2.57. The number of guanidine groups is 1. The number of aliphatic carboxylic acids is 1. The van der Waals surface area contributed by atoms with Gasteiger partial charge in [0.2, 0.25) is 12.1 Å². The molecule has 11 atom stereocenters. The number of nitrogens with zero attached hydrogens (tertiary/aromatic N) is 1. The van der Waals surface area contributed by atoms with Crippen molar-refractivity contribution in [3.8, 4) is 0 Å². The Morgan fingerprint density at radius 1 is 1.30 bits per heavy atom. The Morgan fingerprint density at radius 3 is 2.60 bits per heavy atom. The number of nitrogens with one attached hydrogen (secondary N) is 2. The average molecular weight is 675 g/mol. The van der Waals surface area contributed by atoms with Gasteiger partial charge < -0.3 is 80.4 Å². The van der Waals surface area contributed by atoms with E-state index in [4.69, 9.17) is 29.4 Å². The van der Waals surface area contributed by atoms with Crippen LogP contribution in [0.1, 0.15) is 0 Å². The van der Waals surface area contributed by atoms with Gasteiger partial charge in [-0.2, -0.15) is 0 Å². The summed E-state index contributed by atoms with van der Waals surface area (Å²) in [5.74, 6) is -8.12. The molecule has 47 heavy (non-hydrogen) atoms. The van der Waals surface area contributed by atoms with Crippen molar-refractivity contribution >= 4 is 17.9 Å².